The lowest BCUT2D eigenvalue weighted by Crippen LogP contribution is -2.00. The summed E-state index contributed by atoms with van der Waals surface area (Å²) < 4.78 is 8.23. The van der Waals surface area contributed by atoms with E-state index in [-0.39, 0.29) is 5.78 Å². The zero-order valence-corrected chi connectivity index (χ0v) is 13.1. The monoisotopic (exact) mass is 305 g/mol. The number of hydrogen-bond acceptors (Lipinski definition) is 5. The summed E-state index contributed by atoms with van der Waals surface area (Å²) in [5, 5.41) is 4.26. The van der Waals surface area contributed by atoms with Gasteiger partial charge >= 0.3 is 0 Å². The van der Waals surface area contributed by atoms with Gasteiger partial charge in [0.15, 0.2) is 0 Å². The standard InChI is InChI=1S/C15H15NO2S2/c1-9(17)4-3-6-18-12-8-13-14(16-10(2)20-13)15-11(12)5-7-19-15/h5,7-8H,3-4,6H2,1-2H3. The number of thiophene rings is 1. The molecule has 0 fully saturated rings. The van der Waals surface area contributed by atoms with Crippen LogP contribution in [0.4, 0.5) is 0 Å². The first-order valence-corrected chi connectivity index (χ1v) is 8.24. The Morgan fingerprint density at radius 3 is 3.10 bits per heavy atom. The predicted molar refractivity (Wildman–Crippen MR) is 85.2 cm³/mol. The first kappa shape index (κ1) is 13.5. The number of carbonyl (C=O) groups excluding carboxylic acids is 1. The maximum atomic E-state index is 10.9. The summed E-state index contributed by atoms with van der Waals surface area (Å²) in [6.07, 6.45) is 1.34. The molecule has 2 aromatic heterocycles. The molecular weight excluding hydrogens is 290 g/mol. The number of benzene rings is 1. The molecule has 5 heteroatoms. The molecule has 0 aliphatic rings. The Morgan fingerprint density at radius 1 is 1.45 bits per heavy atom. The van der Waals surface area contributed by atoms with Crippen molar-refractivity contribution in [3.8, 4) is 5.75 Å². The fourth-order valence-corrected chi connectivity index (χ4v) is 4.04. The topological polar surface area (TPSA) is 39.2 Å². The van der Waals surface area contributed by atoms with E-state index in [1.54, 1.807) is 29.6 Å². The van der Waals surface area contributed by atoms with Crippen molar-refractivity contribution in [2.45, 2.75) is 26.7 Å². The summed E-state index contributed by atoms with van der Waals surface area (Å²) in [5.74, 6) is 1.11. The average molecular weight is 305 g/mol. The highest BCUT2D eigenvalue weighted by atomic mass is 32.1. The second kappa shape index (κ2) is 5.50. The van der Waals surface area contributed by atoms with Crippen LogP contribution in [0.25, 0.3) is 20.3 Å². The number of aryl methyl sites for hydroxylation is 1. The van der Waals surface area contributed by atoms with Gasteiger partial charge in [0.25, 0.3) is 0 Å². The lowest BCUT2D eigenvalue weighted by Gasteiger charge is -2.07. The number of ketones is 1. The maximum absolute atomic E-state index is 10.9. The van der Waals surface area contributed by atoms with Crippen LogP contribution in [0.1, 0.15) is 24.8 Å². The zero-order chi connectivity index (χ0) is 14.1. The van der Waals surface area contributed by atoms with Gasteiger partial charge in [0.1, 0.15) is 11.5 Å². The Labute approximate surface area is 125 Å². The van der Waals surface area contributed by atoms with Gasteiger partial charge < -0.3 is 9.53 Å². The molecule has 0 amide bonds. The zero-order valence-electron chi connectivity index (χ0n) is 11.4. The number of Topliss-reactive ketones (excluding diaryl/α,β-unsaturated/α-hetero) is 1. The molecule has 0 saturated heterocycles. The van der Waals surface area contributed by atoms with E-state index in [1.807, 2.05) is 6.92 Å². The van der Waals surface area contributed by atoms with Gasteiger partial charge in [-0.15, -0.1) is 22.7 Å². The van der Waals surface area contributed by atoms with Crippen LogP contribution in [0.3, 0.4) is 0 Å². The predicted octanol–water partition coefficient (Wildman–Crippen LogP) is 4.57. The fourth-order valence-electron chi connectivity index (χ4n) is 2.21. The number of aromatic nitrogens is 1. The molecule has 3 aromatic rings. The number of nitrogens with zero attached hydrogens (tertiary/aromatic N) is 1. The van der Waals surface area contributed by atoms with Gasteiger partial charge in [-0.3, -0.25) is 0 Å². The van der Waals surface area contributed by atoms with E-state index in [1.165, 1.54) is 9.40 Å². The summed E-state index contributed by atoms with van der Waals surface area (Å²) in [4.78, 5) is 15.5. The lowest BCUT2D eigenvalue weighted by molar-refractivity contribution is -0.117. The molecule has 3 rings (SSSR count). The van der Waals surface area contributed by atoms with Crippen molar-refractivity contribution in [2.75, 3.05) is 6.61 Å². The van der Waals surface area contributed by atoms with E-state index in [0.29, 0.717) is 13.0 Å². The first-order chi connectivity index (χ1) is 9.65. The van der Waals surface area contributed by atoms with E-state index in [0.717, 1.165) is 28.1 Å². The van der Waals surface area contributed by atoms with Gasteiger partial charge in [-0.1, -0.05) is 0 Å². The Morgan fingerprint density at radius 2 is 2.30 bits per heavy atom. The molecular formula is C15H15NO2S2. The van der Waals surface area contributed by atoms with Crippen LogP contribution in [0.2, 0.25) is 0 Å². The summed E-state index contributed by atoms with van der Waals surface area (Å²) in [5.41, 5.74) is 1.08. The van der Waals surface area contributed by atoms with Crippen molar-refractivity contribution in [3.05, 3.63) is 22.5 Å². The average Bonchev–Trinajstić information content (AvgIpc) is 2.99. The van der Waals surface area contributed by atoms with Crippen LogP contribution in [-0.4, -0.2) is 17.4 Å². The second-order valence-corrected chi connectivity index (χ2v) is 6.92. The van der Waals surface area contributed by atoms with Crippen molar-refractivity contribution < 1.29 is 9.53 Å². The van der Waals surface area contributed by atoms with E-state index in [9.17, 15) is 4.79 Å². The number of thiazole rings is 1. The van der Waals surface area contributed by atoms with Crippen LogP contribution in [0, 0.1) is 6.92 Å². The molecule has 0 radical (unpaired) electrons. The van der Waals surface area contributed by atoms with Crippen LogP contribution in [-0.2, 0) is 4.79 Å². The van der Waals surface area contributed by atoms with E-state index in [2.05, 4.69) is 22.5 Å². The number of rotatable bonds is 5. The molecule has 0 aliphatic heterocycles. The largest absolute Gasteiger partial charge is 0.493 e. The van der Waals surface area contributed by atoms with E-state index >= 15 is 0 Å². The Hall–Kier alpha value is -1.46. The summed E-state index contributed by atoms with van der Waals surface area (Å²) in [6.45, 7) is 4.22. The van der Waals surface area contributed by atoms with Gasteiger partial charge in [-0.2, -0.15) is 0 Å². The van der Waals surface area contributed by atoms with Gasteiger partial charge in [-0.05, 0) is 31.7 Å². The van der Waals surface area contributed by atoms with Gasteiger partial charge in [0.2, 0.25) is 0 Å². The van der Waals surface area contributed by atoms with Gasteiger partial charge in [0.05, 0.1) is 26.5 Å². The molecule has 1 aromatic carbocycles. The third kappa shape index (κ3) is 2.55. The number of ether oxygens (including phenoxy) is 1. The van der Waals surface area contributed by atoms with Gasteiger partial charge in [0, 0.05) is 17.9 Å². The van der Waals surface area contributed by atoms with E-state index in [4.69, 9.17) is 4.74 Å². The summed E-state index contributed by atoms with van der Waals surface area (Å²) in [6, 6.07) is 4.15. The van der Waals surface area contributed by atoms with E-state index < -0.39 is 0 Å². The molecule has 0 N–H and O–H groups in total. The van der Waals surface area contributed by atoms with Crippen LogP contribution in [0.5, 0.6) is 5.75 Å². The quantitative estimate of drug-likeness (QED) is 0.648. The Bertz CT molecular complexity index is 773. The number of fused-ring (bicyclic) bond motifs is 3. The smallest absolute Gasteiger partial charge is 0.129 e. The minimum Gasteiger partial charge on any atom is -0.493 e. The Balaban J connectivity index is 1.92. The molecule has 0 unspecified atom stereocenters. The molecule has 0 spiro atoms. The normalized spacial score (nSPS) is 11.3. The molecule has 3 nitrogen and oxygen atoms in total. The molecule has 104 valence electrons. The number of carbonyl (C=O) groups is 1. The molecule has 20 heavy (non-hydrogen) atoms. The van der Waals surface area contributed by atoms with Crippen LogP contribution >= 0.6 is 22.7 Å². The maximum Gasteiger partial charge on any atom is 0.129 e. The molecule has 2 heterocycles. The van der Waals surface area contributed by atoms with Crippen molar-refractivity contribution in [1.82, 2.24) is 4.98 Å². The second-order valence-electron chi connectivity index (χ2n) is 4.77. The van der Waals surface area contributed by atoms with Crippen molar-refractivity contribution in [1.29, 1.82) is 0 Å². The highest BCUT2D eigenvalue weighted by molar-refractivity contribution is 7.21. The minimum atomic E-state index is 0.211. The minimum absolute atomic E-state index is 0.211. The van der Waals surface area contributed by atoms with Crippen LogP contribution in [0.15, 0.2) is 17.5 Å². The van der Waals surface area contributed by atoms with Crippen LogP contribution < -0.4 is 4.74 Å². The highest BCUT2D eigenvalue weighted by Gasteiger charge is 2.12. The summed E-state index contributed by atoms with van der Waals surface area (Å²) >= 11 is 3.39. The van der Waals surface area contributed by atoms with Crippen molar-refractivity contribution >= 4 is 48.8 Å². The Kier molecular flexibility index (Phi) is 3.72. The SMILES string of the molecule is CC(=O)CCCOc1cc2sc(C)nc2c2sccc12. The third-order valence-electron chi connectivity index (χ3n) is 3.10. The molecule has 0 bridgehead atoms. The van der Waals surface area contributed by atoms with Crippen molar-refractivity contribution in [2.24, 2.45) is 0 Å². The first-order valence-electron chi connectivity index (χ1n) is 6.55. The third-order valence-corrected chi connectivity index (χ3v) is 4.94. The van der Waals surface area contributed by atoms with Crippen molar-refractivity contribution in [3.63, 3.8) is 0 Å². The number of hydrogen-bond donors (Lipinski definition) is 0. The molecule has 0 saturated carbocycles. The fraction of sp³-hybridized carbons (Fsp3) is 0.333. The summed E-state index contributed by atoms with van der Waals surface area (Å²) in [7, 11) is 0. The molecule has 0 atom stereocenters. The highest BCUT2D eigenvalue weighted by Crippen LogP contribution is 2.38. The molecule has 0 aliphatic carbocycles. The van der Waals surface area contributed by atoms with Gasteiger partial charge in [-0.25, -0.2) is 4.98 Å². The lowest BCUT2D eigenvalue weighted by atomic mass is 10.2.